The van der Waals surface area contributed by atoms with Gasteiger partial charge in [0, 0.05) is 16.9 Å². The number of halogens is 28. The third kappa shape index (κ3) is 8.81. The SMILES string of the molecule is OCC(CO)(CSC(F)CC(F)(F)C(F)(F)C(F)(F)C(F)(F)C(F)(F)C(F)(F)F)CSC(F)CC(F)(F)C(F)(F)C(F)(F)C(F)(F)C(F)(F)C(F)(F)F. The summed E-state index contributed by atoms with van der Waals surface area (Å²) in [6.07, 6.45) is -22.6. The molecule has 2 atom stereocenters. The van der Waals surface area contributed by atoms with Crippen LogP contribution in [0.5, 0.6) is 0 Å². The predicted octanol–water partition coefficient (Wildman–Crippen LogP) is 10.3. The topological polar surface area (TPSA) is 40.5 Å². The molecule has 2 unspecified atom stereocenters. The van der Waals surface area contributed by atoms with Crippen LogP contribution in [0.3, 0.4) is 0 Å². The molecule has 32 heteroatoms. The molecule has 0 aromatic carbocycles. The maximum absolute atomic E-state index is 14.2. The Kier molecular flexibility index (Phi) is 14.8. The Morgan fingerprint density at radius 3 is 0.736 bits per heavy atom. The van der Waals surface area contributed by atoms with Gasteiger partial charge in [0.05, 0.1) is 26.1 Å². The summed E-state index contributed by atoms with van der Waals surface area (Å²) in [5.74, 6) is -83.0. The van der Waals surface area contributed by atoms with Crippen molar-refractivity contribution >= 4 is 23.5 Å². The normalized spacial score (nSPS) is 17.3. The van der Waals surface area contributed by atoms with Gasteiger partial charge in [-0.15, -0.1) is 23.5 Å². The highest BCUT2D eigenvalue weighted by molar-refractivity contribution is 8.00. The summed E-state index contributed by atoms with van der Waals surface area (Å²) >= 11 is -2.05. The van der Waals surface area contributed by atoms with E-state index in [4.69, 9.17) is 0 Å². The molecule has 53 heavy (non-hydrogen) atoms. The zero-order valence-corrected chi connectivity index (χ0v) is 25.8. The zero-order chi connectivity index (χ0) is 43.3. The van der Waals surface area contributed by atoms with Crippen LogP contribution in [-0.4, -0.2) is 118 Å². The van der Waals surface area contributed by atoms with Gasteiger partial charge in [0.1, 0.15) is 0 Å². The first-order valence-electron chi connectivity index (χ1n) is 12.5. The van der Waals surface area contributed by atoms with Gasteiger partial charge in [-0.05, 0) is 0 Å². The summed E-state index contributed by atoms with van der Waals surface area (Å²) in [6.45, 7) is -3.62. The van der Waals surface area contributed by atoms with Crippen molar-refractivity contribution in [3.63, 3.8) is 0 Å². The van der Waals surface area contributed by atoms with Crippen molar-refractivity contribution in [3.05, 3.63) is 0 Å². The molecule has 2 N–H and O–H groups in total. The molecule has 0 saturated heterocycles. The second kappa shape index (κ2) is 15.2. The minimum atomic E-state index is -8.36. The van der Waals surface area contributed by atoms with Gasteiger partial charge in [-0.2, -0.15) is 114 Å². The minimum Gasteiger partial charge on any atom is -0.396 e. The second-order valence-corrected chi connectivity index (χ2v) is 12.9. The molecular formula is C21H16F28O2S2. The van der Waals surface area contributed by atoms with E-state index in [2.05, 4.69) is 0 Å². The average Bonchev–Trinajstić information content (AvgIpc) is 2.95. The van der Waals surface area contributed by atoms with Crippen LogP contribution in [0.15, 0.2) is 0 Å². The lowest BCUT2D eigenvalue weighted by Gasteiger charge is -2.40. The van der Waals surface area contributed by atoms with Gasteiger partial charge in [-0.3, -0.25) is 0 Å². The summed E-state index contributed by atoms with van der Waals surface area (Å²) in [5, 5.41) is 18.7. The van der Waals surface area contributed by atoms with E-state index in [9.17, 15) is 133 Å². The first-order chi connectivity index (χ1) is 22.8. The highest BCUT2D eigenvalue weighted by Crippen LogP contribution is 2.63. The monoisotopic (exact) mass is 896 g/mol. The molecule has 0 spiro atoms. The summed E-state index contributed by atoms with van der Waals surface area (Å²) < 4.78 is 371. The number of hydrogen-bond acceptors (Lipinski definition) is 4. The Labute approximate surface area is 283 Å². The van der Waals surface area contributed by atoms with Gasteiger partial charge in [0.25, 0.3) is 0 Å². The molecule has 0 amide bonds. The number of aliphatic hydroxyl groups excluding tert-OH is 2. The van der Waals surface area contributed by atoms with Crippen LogP contribution in [0.2, 0.25) is 0 Å². The maximum atomic E-state index is 14.2. The fraction of sp³-hybridized carbons (Fsp3) is 1.00. The van der Waals surface area contributed by atoms with Gasteiger partial charge >= 0.3 is 71.6 Å². The van der Waals surface area contributed by atoms with Gasteiger partial charge < -0.3 is 10.2 Å². The molecular weight excluding hydrogens is 880 g/mol. The fourth-order valence-corrected chi connectivity index (χ4v) is 5.61. The van der Waals surface area contributed by atoms with E-state index >= 15 is 0 Å². The average molecular weight is 896 g/mol. The van der Waals surface area contributed by atoms with Crippen LogP contribution in [0.4, 0.5) is 123 Å². The van der Waals surface area contributed by atoms with E-state index in [-0.39, 0.29) is 0 Å². The summed E-state index contributed by atoms with van der Waals surface area (Å²) in [7, 11) is 0. The Balaban J connectivity index is 6.04. The van der Waals surface area contributed by atoms with Crippen LogP contribution in [0, 0.1) is 5.41 Å². The molecule has 2 nitrogen and oxygen atoms in total. The molecule has 0 fully saturated rings. The van der Waals surface area contributed by atoms with E-state index in [1.807, 2.05) is 0 Å². The van der Waals surface area contributed by atoms with E-state index in [1.165, 1.54) is 0 Å². The third-order valence-corrected chi connectivity index (χ3v) is 9.26. The lowest BCUT2D eigenvalue weighted by molar-refractivity contribution is -0.440. The number of alkyl halides is 28. The van der Waals surface area contributed by atoms with Crippen molar-refractivity contribution in [2.75, 3.05) is 24.7 Å². The van der Waals surface area contributed by atoms with Crippen molar-refractivity contribution in [2.24, 2.45) is 5.41 Å². The van der Waals surface area contributed by atoms with Crippen molar-refractivity contribution in [2.45, 2.75) is 95.4 Å². The highest BCUT2D eigenvalue weighted by atomic mass is 32.2. The van der Waals surface area contributed by atoms with Gasteiger partial charge in [0.15, 0.2) is 11.0 Å². The molecule has 0 bridgehead atoms. The molecule has 0 radical (unpaired) electrons. The lowest BCUT2D eigenvalue weighted by atomic mass is 9.93. The minimum absolute atomic E-state index is 1.03. The molecule has 0 saturated carbocycles. The summed E-state index contributed by atoms with van der Waals surface area (Å²) in [5.41, 5.74) is -10.7. The predicted molar refractivity (Wildman–Crippen MR) is 122 cm³/mol. The largest absolute Gasteiger partial charge is 0.460 e. The Bertz CT molecular complexity index is 1120. The third-order valence-electron chi connectivity index (χ3n) is 6.64. The molecule has 0 aliphatic carbocycles. The van der Waals surface area contributed by atoms with Gasteiger partial charge in [0.2, 0.25) is 0 Å². The standard InChI is InChI=1S/C21H16F28O2S2/c22-7(1-10(24,25)12(28,29)14(32,33)16(36,37)18(40,41)20(44,45)46)52-5-9(3-50,4-51)6-53-8(23)2-11(26,27)13(30,31)15(34,35)17(38,39)19(42,43)21(47,48)49/h7-8,50-51H,1-6H2. The highest BCUT2D eigenvalue weighted by Gasteiger charge is 2.92. The van der Waals surface area contributed by atoms with Crippen LogP contribution >= 0.6 is 23.5 Å². The molecule has 0 aliphatic rings. The maximum Gasteiger partial charge on any atom is 0.460 e. The number of hydrogen-bond donors (Lipinski definition) is 2. The molecule has 0 rings (SSSR count). The van der Waals surface area contributed by atoms with E-state index in [0.717, 1.165) is 0 Å². The molecule has 0 heterocycles. The van der Waals surface area contributed by atoms with Crippen molar-refractivity contribution in [1.82, 2.24) is 0 Å². The first kappa shape index (κ1) is 51.7. The molecule has 0 aliphatic heterocycles. The first-order valence-corrected chi connectivity index (χ1v) is 14.6. The van der Waals surface area contributed by atoms with E-state index in [0.29, 0.717) is 0 Å². The molecule has 0 aromatic rings. The summed E-state index contributed by atoms with van der Waals surface area (Å²) in [4.78, 5) is 0. The second-order valence-electron chi connectivity index (χ2n) is 10.7. The smallest absolute Gasteiger partial charge is 0.396 e. The molecule has 0 aromatic heterocycles. The number of rotatable bonds is 20. The Morgan fingerprint density at radius 1 is 0.340 bits per heavy atom. The fourth-order valence-electron chi connectivity index (χ4n) is 3.19. The molecule has 320 valence electrons. The van der Waals surface area contributed by atoms with Crippen LogP contribution < -0.4 is 0 Å². The Hall–Kier alpha value is -1.34. The van der Waals surface area contributed by atoms with Gasteiger partial charge in [-0.25, -0.2) is 8.78 Å². The van der Waals surface area contributed by atoms with Gasteiger partial charge in [-0.1, -0.05) is 0 Å². The Morgan fingerprint density at radius 2 is 0.547 bits per heavy atom. The zero-order valence-electron chi connectivity index (χ0n) is 24.2. The number of aliphatic hydroxyl groups is 2. The van der Waals surface area contributed by atoms with Crippen LogP contribution in [0.1, 0.15) is 12.8 Å². The van der Waals surface area contributed by atoms with E-state index in [1.54, 1.807) is 0 Å². The van der Waals surface area contributed by atoms with Crippen LogP contribution in [-0.2, 0) is 0 Å². The van der Waals surface area contributed by atoms with Crippen molar-refractivity contribution < 1.29 is 133 Å². The summed E-state index contributed by atoms with van der Waals surface area (Å²) in [6, 6.07) is 0. The van der Waals surface area contributed by atoms with Crippen molar-refractivity contribution in [1.29, 1.82) is 0 Å². The quantitative estimate of drug-likeness (QED) is 0.120. The van der Waals surface area contributed by atoms with Crippen molar-refractivity contribution in [3.8, 4) is 0 Å². The number of thioether (sulfide) groups is 2. The van der Waals surface area contributed by atoms with E-state index < -0.39 is 149 Å². The van der Waals surface area contributed by atoms with Crippen LogP contribution in [0.25, 0.3) is 0 Å². The lowest BCUT2D eigenvalue weighted by Crippen LogP contribution is -2.70.